The van der Waals surface area contributed by atoms with E-state index in [0.29, 0.717) is 17.5 Å². The van der Waals surface area contributed by atoms with Gasteiger partial charge in [0, 0.05) is 6.42 Å². The van der Waals surface area contributed by atoms with Gasteiger partial charge in [-0.3, -0.25) is 19.2 Å². The van der Waals surface area contributed by atoms with Crippen LogP contribution in [-0.4, -0.2) is 58.4 Å². The molecule has 3 rings (SSSR count). The first-order valence-corrected chi connectivity index (χ1v) is 14.9. The first kappa shape index (κ1) is 34.7. The normalized spacial score (nSPS) is 13.4. The summed E-state index contributed by atoms with van der Waals surface area (Å²) in [5, 5.41) is 7.75. The van der Waals surface area contributed by atoms with E-state index in [2.05, 4.69) is 20.9 Å². The van der Waals surface area contributed by atoms with Crippen molar-refractivity contribution in [1.29, 1.82) is 0 Å². The number of carbonyl (C=O) groups excluding carboxylic acids is 5. The molecule has 0 fully saturated rings. The Morgan fingerprint density at radius 3 is 2.16 bits per heavy atom. The number of hydrogen-bond donors (Lipinski definition) is 3. The Morgan fingerprint density at radius 1 is 0.844 bits per heavy atom. The van der Waals surface area contributed by atoms with Gasteiger partial charge in [-0.2, -0.15) is 0 Å². The van der Waals surface area contributed by atoms with Crippen LogP contribution in [0, 0.1) is 5.92 Å². The van der Waals surface area contributed by atoms with Gasteiger partial charge in [0.05, 0.1) is 6.04 Å². The lowest BCUT2D eigenvalue weighted by Gasteiger charge is -2.24. The Bertz CT molecular complexity index is 1450. The lowest BCUT2D eigenvalue weighted by molar-refractivity contribution is -0.155. The fourth-order valence-corrected chi connectivity index (χ4v) is 4.34. The quantitative estimate of drug-likeness (QED) is 0.174. The minimum absolute atomic E-state index is 0.0305. The van der Waals surface area contributed by atoms with Gasteiger partial charge in [0.25, 0.3) is 5.89 Å². The molecule has 0 radical (unpaired) electrons. The molecule has 0 spiro atoms. The number of nitrogens with one attached hydrogen (secondary N) is 3. The molecule has 0 aliphatic rings. The predicted molar refractivity (Wildman–Crippen MR) is 166 cm³/mol. The van der Waals surface area contributed by atoms with Crippen molar-refractivity contribution >= 4 is 40.8 Å². The van der Waals surface area contributed by atoms with Crippen molar-refractivity contribution in [3.63, 3.8) is 0 Å². The minimum atomic E-state index is -1.22. The molecule has 45 heavy (non-hydrogen) atoms. The zero-order valence-corrected chi connectivity index (χ0v) is 26.5. The van der Waals surface area contributed by atoms with Crippen molar-refractivity contribution in [3.05, 3.63) is 66.1 Å². The average Bonchev–Trinajstić information content (AvgIpc) is 3.41. The maximum absolute atomic E-state index is 13.3. The third kappa shape index (κ3) is 11.4. The molecular formula is C33H42N4O8. The Labute approximate surface area is 262 Å². The number of amides is 3. The Hall–Kier alpha value is -4.74. The number of rotatable bonds is 14. The largest absolute Gasteiger partial charge is 0.460 e. The maximum Gasteiger partial charge on any atom is 0.408 e. The number of esters is 1. The lowest BCUT2D eigenvalue weighted by Crippen LogP contribution is -2.55. The highest BCUT2D eigenvalue weighted by Crippen LogP contribution is 2.18. The molecule has 2 aromatic carbocycles. The van der Waals surface area contributed by atoms with Crippen LogP contribution in [0.2, 0.25) is 0 Å². The molecule has 3 aromatic rings. The minimum Gasteiger partial charge on any atom is -0.460 e. The van der Waals surface area contributed by atoms with Gasteiger partial charge in [-0.1, -0.05) is 56.3 Å². The number of ether oxygens (including phenoxy) is 2. The zero-order valence-electron chi connectivity index (χ0n) is 26.5. The number of benzene rings is 2. The van der Waals surface area contributed by atoms with E-state index in [1.807, 2.05) is 19.9 Å². The molecule has 3 amide bonds. The summed E-state index contributed by atoms with van der Waals surface area (Å²) >= 11 is 0. The van der Waals surface area contributed by atoms with Crippen molar-refractivity contribution < 1.29 is 37.9 Å². The molecule has 0 bridgehead atoms. The zero-order chi connectivity index (χ0) is 33.1. The van der Waals surface area contributed by atoms with E-state index < -0.39 is 53.4 Å². The van der Waals surface area contributed by atoms with Crippen molar-refractivity contribution in [1.82, 2.24) is 20.9 Å². The van der Waals surface area contributed by atoms with Crippen molar-refractivity contribution in [2.75, 3.05) is 0 Å². The van der Waals surface area contributed by atoms with Crippen LogP contribution >= 0.6 is 0 Å². The molecule has 0 aliphatic carbocycles. The summed E-state index contributed by atoms with van der Waals surface area (Å²) in [7, 11) is 0. The van der Waals surface area contributed by atoms with E-state index in [9.17, 15) is 24.0 Å². The highest BCUT2D eigenvalue weighted by atomic mass is 16.6. The molecular weight excluding hydrogens is 580 g/mol. The first-order chi connectivity index (χ1) is 21.2. The van der Waals surface area contributed by atoms with Gasteiger partial charge in [0.15, 0.2) is 5.58 Å². The van der Waals surface area contributed by atoms with Crippen molar-refractivity contribution in [2.45, 2.75) is 91.1 Å². The van der Waals surface area contributed by atoms with Crippen molar-refractivity contribution in [3.8, 4) is 0 Å². The molecule has 3 unspecified atom stereocenters. The van der Waals surface area contributed by atoms with Crippen LogP contribution in [0.15, 0.2) is 59.0 Å². The summed E-state index contributed by atoms with van der Waals surface area (Å²) in [5.41, 5.74) is 0.980. The van der Waals surface area contributed by atoms with Crippen LogP contribution in [0.4, 0.5) is 4.79 Å². The number of nitrogens with zero attached hydrogens (tertiary/aromatic N) is 1. The van der Waals surface area contributed by atoms with E-state index in [0.717, 1.165) is 5.56 Å². The van der Waals surface area contributed by atoms with Crippen LogP contribution in [0.5, 0.6) is 0 Å². The number of aromatic nitrogens is 1. The van der Waals surface area contributed by atoms with Gasteiger partial charge in [-0.15, -0.1) is 0 Å². The Balaban J connectivity index is 1.67. The molecule has 1 aromatic heterocycles. The fourth-order valence-electron chi connectivity index (χ4n) is 4.34. The number of ketones is 1. The van der Waals surface area contributed by atoms with Crippen LogP contribution in [0.1, 0.15) is 77.1 Å². The van der Waals surface area contributed by atoms with E-state index in [1.165, 1.54) is 6.92 Å². The number of carbonyl (C=O) groups is 5. The first-order valence-electron chi connectivity index (χ1n) is 14.9. The number of para-hydroxylation sites is 2. The second kappa shape index (κ2) is 15.8. The third-order valence-electron chi connectivity index (χ3n) is 6.48. The molecule has 12 heteroatoms. The van der Waals surface area contributed by atoms with Gasteiger partial charge in [0.2, 0.25) is 17.6 Å². The molecule has 3 N–H and O–H groups in total. The number of fused-ring (bicyclic) bond motifs is 1. The Morgan fingerprint density at radius 2 is 1.51 bits per heavy atom. The number of hydrogen-bond acceptors (Lipinski definition) is 9. The second-order valence-corrected chi connectivity index (χ2v) is 12.2. The predicted octanol–water partition coefficient (Wildman–Crippen LogP) is 4.46. The molecule has 1 heterocycles. The summed E-state index contributed by atoms with van der Waals surface area (Å²) in [4.78, 5) is 69.0. The number of alkyl carbamates (subject to hydrolysis) is 1. The van der Waals surface area contributed by atoms with E-state index in [-0.39, 0.29) is 31.3 Å². The fraction of sp³-hybridized carbons (Fsp3) is 0.455. The molecule has 12 nitrogen and oxygen atoms in total. The van der Waals surface area contributed by atoms with E-state index >= 15 is 0 Å². The number of oxazole rings is 1. The van der Waals surface area contributed by atoms with Gasteiger partial charge in [0.1, 0.15) is 29.8 Å². The van der Waals surface area contributed by atoms with E-state index in [1.54, 1.807) is 69.3 Å². The van der Waals surface area contributed by atoms with Crippen LogP contribution in [0.3, 0.4) is 0 Å². The smallest absolute Gasteiger partial charge is 0.408 e. The summed E-state index contributed by atoms with van der Waals surface area (Å²) in [6, 6.07) is 12.6. The maximum atomic E-state index is 13.3. The molecule has 0 saturated carbocycles. The average molecular weight is 623 g/mol. The third-order valence-corrected chi connectivity index (χ3v) is 6.48. The number of Topliss-reactive ketones (excluding diaryl/α,β-unsaturated/α-hetero) is 1. The SMILES string of the molecule is CC(C)CC(NC(=O)C(C)NC(=O)C(CCC(=O)OC(C)(C)C)NC(=O)OCc1ccccc1)C(=O)c1nc2ccccc2o1. The van der Waals surface area contributed by atoms with Gasteiger partial charge >= 0.3 is 12.1 Å². The topological polar surface area (TPSA) is 166 Å². The molecule has 0 aliphatic heterocycles. The monoisotopic (exact) mass is 622 g/mol. The highest BCUT2D eigenvalue weighted by Gasteiger charge is 2.31. The lowest BCUT2D eigenvalue weighted by atomic mass is 9.99. The molecule has 3 atom stereocenters. The highest BCUT2D eigenvalue weighted by molar-refractivity contribution is 6.01. The molecule has 242 valence electrons. The summed E-state index contributed by atoms with van der Waals surface area (Å²) < 4.78 is 16.2. The van der Waals surface area contributed by atoms with Gasteiger partial charge in [-0.05, 0) is 64.2 Å². The van der Waals surface area contributed by atoms with Gasteiger partial charge in [-0.25, -0.2) is 9.78 Å². The van der Waals surface area contributed by atoms with E-state index in [4.69, 9.17) is 13.9 Å². The summed E-state index contributed by atoms with van der Waals surface area (Å²) in [5.74, 6) is -2.49. The van der Waals surface area contributed by atoms with Crippen LogP contribution < -0.4 is 16.0 Å². The van der Waals surface area contributed by atoms with Crippen molar-refractivity contribution in [2.24, 2.45) is 5.92 Å². The van der Waals surface area contributed by atoms with Crippen LogP contribution in [0.25, 0.3) is 11.1 Å². The summed E-state index contributed by atoms with van der Waals surface area (Å²) in [6.45, 7) is 10.4. The standard InChI is InChI=1S/C33H42N4O8/c1-20(2)18-25(28(39)31-36-23-14-10-11-15-26(23)44-31)35-29(40)21(3)34-30(41)24(16-17-27(38)45-33(4,5)6)37-32(42)43-19-22-12-8-7-9-13-22/h7-15,20-21,24-25H,16-19H2,1-6H3,(H,34,41)(H,35,40)(H,37,42). The van der Waals surface area contributed by atoms with Crippen LogP contribution in [-0.2, 0) is 30.5 Å². The van der Waals surface area contributed by atoms with Gasteiger partial charge < -0.3 is 29.8 Å². The Kier molecular flexibility index (Phi) is 12.2. The molecule has 0 saturated heterocycles. The summed E-state index contributed by atoms with van der Waals surface area (Å²) in [6.07, 6.45) is -0.857. The second-order valence-electron chi connectivity index (χ2n) is 12.2.